The molecular weight excluding hydrogens is 853 g/mol. The lowest BCUT2D eigenvalue weighted by atomic mass is 10.0. The molecule has 0 heterocycles. The maximum atomic E-state index is 12.9. The van der Waals surface area contributed by atoms with Gasteiger partial charge in [0.05, 0.1) is 0 Å². The summed E-state index contributed by atoms with van der Waals surface area (Å²) in [5, 5.41) is 0. The van der Waals surface area contributed by atoms with Crippen molar-refractivity contribution in [2.75, 3.05) is 13.2 Å². The fourth-order valence-corrected chi connectivity index (χ4v) is 9.70. The van der Waals surface area contributed by atoms with Crippen molar-refractivity contribution in [3.05, 3.63) is 35.9 Å². The van der Waals surface area contributed by atoms with Crippen molar-refractivity contribution in [1.82, 2.24) is 0 Å². The first kappa shape index (κ1) is 64.6. The van der Waals surface area contributed by atoms with Crippen molar-refractivity contribution < 1.29 is 28.6 Å². The minimum Gasteiger partial charge on any atom is -0.462 e. The standard InChI is InChI=1S/C63H114O6/c1-3-5-7-9-11-13-15-17-20-25-29-33-37-41-48-54-61(64)67-57-60(69-63(66)56-50-43-39-35-31-27-21-18-16-14-12-10-8-6-4-2)58-68-62(65)55-49-42-38-34-30-26-23-19-22-24-28-32-36-40-45-51-59-52-46-44-47-53-59/h44,46-47,52-53,60H,3-43,45,48-51,54-58H2,1-2H3. The SMILES string of the molecule is CCCCCCCCCCCCCCCCCC(=O)OCC(COC(=O)CCCCCCCCCCCCCCCCCc1ccccc1)OC(=O)CCCCCCCCCCCCCCCCC. The molecule has 1 unspecified atom stereocenters. The van der Waals surface area contributed by atoms with Crippen LogP contribution < -0.4 is 0 Å². The molecular formula is C63H114O6. The molecule has 402 valence electrons. The Kier molecular flexibility index (Phi) is 50.1. The summed E-state index contributed by atoms with van der Waals surface area (Å²) in [6.45, 7) is 4.42. The Balaban J connectivity index is 2.20. The van der Waals surface area contributed by atoms with E-state index >= 15 is 0 Å². The summed E-state index contributed by atoms with van der Waals surface area (Å²) in [6.07, 6.45) is 58.9. The second-order valence-corrected chi connectivity index (χ2v) is 21.2. The minimum absolute atomic E-state index is 0.0645. The van der Waals surface area contributed by atoms with Crippen LogP contribution in [0.25, 0.3) is 0 Å². The lowest BCUT2D eigenvalue weighted by Gasteiger charge is -2.18. The Morgan fingerprint density at radius 1 is 0.319 bits per heavy atom. The molecule has 0 amide bonds. The molecule has 0 bridgehead atoms. The van der Waals surface area contributed by atoms with Crippen LogP contribution in [0.4, 0.5) is 0 Å². The second kappa shape index (κ2) is 53.4. The summed E-state index contributed by atoms with van der Waals surface area (Å²) in [5.41, 5.74) is 1.47. The van der Waals surface area contributed by atoms with Crippen LogP contribution in [0, 0.1) is 0 Å². The predicted octanol–water partition coefficient (Wildman–Crippen LogP) is 20.0. The van der Waals surface area contributed by atoms with Crippen molar-refractivity contribution in [2.45, 2.75) is 335 Å². The number of ether oxygens (including phenoxy) is 3. The van der Waals surface area contributed by atoms with Gasteiger partial charge in [-0.15, -0.1) is 0 Å². The molecule has 0 N–H and O–H groups in total. The van der Waals surface area contributed by atoms with Gasteiger partial charge in [-0.05, 0) is 37.7 Å². The highest BCUT2D eigenvalue weighted by molar-refractivity contribution is 5.71. The third kappa shape index (κ3) is 49.0. The maximum Gasteiger partial charge on any atom is 0.306 e. The molecule has 1 atom stereocenters. The monoisotopic (exact) mass is 967 g/mol. The van der Waals surface area contributed by atoms with Gasteiger partial charge in [-0.3, -0.25) is 14.4 Å². The fraction of sp³-hybridized carbons (Fsp3) is 0.857. The summed E-state index contributed by atoms with van der Waals surface area (Å²) in [5.74, 6) is -0.838. The van der Waals surface area contributed by atoms with Crippen LogP contribution in [0.1, 0.15) is 328 Å². The molecule has 1 aromatic carbocycles. The Hall–Kier alpha value is -2.37. The van der Waals surface area contributed by atoms with E-state index in [0.717, 1.165) is 57.8 Å². The lowest BCUT2D eigenvalue weighted by molar-refractivity contribution is -0.167. The molecule has 1 aromatic rings. The van der Waals surface area contributed by atoms with Crippen LogP contribution >= 0.6 is 0 Å². The Morgan fingerprint density at radius 3 is 0.855 bits per heavy atom. The van der Waals surface area contributed by atoms with E-state index in [4.69, 9.17) is 14.2 Å². The van der Waals surface area contributed by atoms with E-state index in [1.807, 2.05) is 0 Å². The smallest absolute Gasteiger partial charge is 0.306 e. The molecule has 1 rings (SSSR count). The molecule has 6 nitrogen and oxygen atoms in total. The van der Waals surface area contributed by atoms with E-state index in [1.165, 1.54) is 243 Å². The van der Waals surface area contributed by atoms with Crippen LogP contribution in [0.2, 0.25) is 0 Å². The van der Waals surface area contributed by atoms with Gasteiger partial charge in [0.2, 0.25) is 0 Å². The van der Waals surface area contributed by atoms with Crippen molar-refractivity contribution in [3.63, 3.8) is 0 Å². The number of rotatable bonds is 55. The maximum absolute atomic E-state index is 12.9. The normalized spacial score (nSPS) is 11.8. The molecule has 0 fully saturated rings. The Bertz CT molecular complexity index is 1220. The van der Waals surface area contributed by atoms with Gasteiger partial charge >= 0.3 is 17.9 Å². The third-order valence-electron chi connectivity index (χ3n) is 14.3. The van der Waals surface area contributed by atoms with Gasteiger partial charge in [0, 0.05) is 19.3 Å². The van der Waals surface area contributed by atoms with Crippen molar-refractivity contribution in [1.29, 1.82) is 0 Å². The van der Waals surface area contributed by atoms with Gasteiger partial charge in [0.15, 0.2) is 6.10 Å². The van der Waals surface area contributed by atoms with Crippen molar-refractivity contribution in [3.8, 4) is 0 Å². The lowest BCUT2D eigenvalue weighted by Crippen LogP contribution is -2.30. The van der Waals surface area contributed by atoms with E-state index in [1.54, 1.807) is 0 Å². The number of hydrogen-bond acceptors (Lipinski definition) is 6. The number of carbonyl (C=O) groups is 3. The van der Waals surface area contributed by atoms with Crippen LogP contribution in [0.15, 0.2) is 30.3 Å². The average molecular weight is 968 g/mol. The molecule has 6 heteroatoms. The van der Waals surface area contributed by atoms with Gasteiger partial charge in [0.25, 0.3) is 0 Å². The first-order chi connectivity index (χ1) is 34.0. The highest BCUT2D eigenvalue weighted by atomic mass is 16.6. The zero-order valence-electron chi connectivity index (χ0n) is 46.0. The molecule has 0 aliphatic carbocycles. The fourth-order valence-electron chi connectivity index (χ4n) is 9.70. The predicted molar refractivity (Wildman–Crippen MR) is 295 cm³/mol. The topological polar surface area (TPSA) is 78.9 Å². The molecule has 0 aromatic heterocycles. The van der Waals surface area contributed by atoms with E-state index in [9.17, 15) is 14.4 Å². The largest absolute Gasteiger partial charge is 0.462 e. The average Bonchev–Trinajstić information content (AvgIpc) is 3.36. The minimum atomic E-state index is -0.766. The first-order valence-electron chi connectivity index (χ1n) is 30.6. The van der Waals surface area contributed by atoms with Gasteiger partial charge < -0.3 is 14.2 Å². The number of benzene rings is 1. The van der Waals surface area contributed by atoms with Crippen LogP contribution in [0.3, 0.4) is 0 Å². The van der Waals surface area contributed by atoms with E-state index in [-0.39, 0.29) is 31.1 Å². The number of unbranched alkanes of at least 4 members (excludes halogenated alkanes) is 42. The molecule has 69 heavy (non-hydrogen) atoms. The van der Waals surface area contributed by atoms with Crippen LogP contribution in [-0.4, -0.2) is 37.2 Å². The van der Waals surface area contributed by atoms with Crippen LogP contribution in [0.5, 0.6) is 0 Å². The Labute approximate surface area is 428 Å². The summed E-state index contributed by atoms with van der Waals surface area (Å²) in [6, 6.07) is 10.9. The van der Waals surface area contributed by atoms with Crippen molar-refractivity contribution >= 4 is 17.9 Å². The highest BCUT2D eigenvalue weighted by Gasteiger charge is 2.19. The summed E-state index contributed by atoms with van der Waals surface area (Å²) in [7, 11) is 0. The quantitative estimate of drug-likeness (QED) is 0.0368. The number of carbonyl (C=O) groups excluding carboxylic acids is 3. The van der Waals surface area contributed by atoms with Gasteiger partial charge in [0.1, 0.15) is 13.2 Å². The zero-order chi connectivity index (χ0) is 49.6. The third-order valence-corrected chi connectivity index (χ3v) is 14.3. The molecule has 0 aliphatic rings. The number of hydrogen-bond donors (Lipinski definition) is 0. The van der Waals surface area contributed by atoms with E-state index < -0.39 is 6.10 Å². The summed E-state index contributed by atoms with van der Waals surface area (Å²) in [4.78, 5) is 38.2. The first-order valence-corrected chi connectivity index (χ1v) is 30.6. The second-order valence-electron chi connectivity index (χ2n) is 21.2. The zero-order valence-corrected chi connectivity index (χ0v) is 46.0. The van der Waals surface area contributed by atoms with Gasteiger partial charge in [-0.25, -0.2) is 0 Å². The van der Waals surface area contributed by atoms with Gasteiger partial charge in [-0.2, -0.15) is 0 Å². The molecule has 0 saturated carbocycles. The Morgan fingerprint density at radius 2 is 0.565 bits per heavy atom. The molecule has 0 radical (unpaired) electrons. The number of esters is 3. The molecule has 0 spiro atoms. The molecule has 0 aliphatic heterocycles. The number of aryl methyl sites for hydroxylation is 1. The van der Waals surface area contributed by atoms with Crippen LogP contribution in [-0.2, 0) is 35.0 Å². The van der Waals surface area contributed by atoms with Crippen molar-refractivity contribution in [2.24, 2.45) is 0 Å². The summed E-state index contributed by atoms with van der Waals surface area (Å²) < 4.78 is 16.9. The van der Waals surface area contributed by atoms with E-state index in [2.05, 4.69) is 44.2 Å². The van der Waals surface area contributed by atoms with E-state index in [0.29, 0.717) is 19.3 Å². The van der Waals surface area contributed by atoms with Gasteiger partial charge in [-0.1, -0.05) is 307 Å². The summed E-state index contributed by atoms with van der Waals surface area (Å²) >= 11 is 0. The highest BCUT2D eigenvalue weighted by Crippen LogP contribution is 2.18. The molecule has 0 saturated heterocycles.